The Balaban J connectivity index is 1.16. The van der Waals surface area contributed by atoms with Gasteiger partial charge in [-0.2, -0.15) is 4.98 Å². The van der Waals surface area contributed by atoms with Crippen molar-refractivity contribution in [2.24, 2.45) is 5.92 Å². The molecule has 3 aromatic rings. The average Bonchev–Trinajstić information content (AvgIpc) is 3.27. The van der Waals surface area contributed by atoms with Crippen LogP contribution in [-0.4, -0.2) is 58.3 Å². The maximum atomic E-state index is 12.5. The zero-order chi connectivity index (χ0) is 20.3. The minimum atomic E-state index is 0.0307. The third kappa shape index (κ3) is 3.91. The molecule has 2 aromatic heterocycles. The molecular formula is C22H22N4O4. The van der Waals surface area contributed by atoms with Gasteiger partial charge in [-0.1, -0.05) is 5.16 Å². The summed E-state index contributed by atoms with van der Waals surface area (Å²) in [5.74, 6) is 2.07. The van der Waals surface area contributed by atoms with E-state index in [2.05, 4.69) is 15.1 Å². The molecule has 2 saturated heterocycles. The van der Waals surface area contributed by atoms with E-state index < -0.39 is 0 Å². The van der Waals surface area contributed by atoms with Gasteiger partial charge in [0.25, 0.3) is 5.89 Å². The van der Waals surface area contributed by atoms with Crippen LogP contribution in [0, 0.1) is 5.92 Å². The van der Waals surface area contributed by atoms with E-state index in [0.29, 0.717) is 38.0 Å². The number of hydrogen-bond donors (Lipinski definition) is 0. The van der Waals surface area contributed by atoms with Crippen molar-refractivity contribution < 1.29 is 18.8 Å². The van der Waals surface area contributed by atoms with Gasteiger partial charge in [0.05, 0.1) is 13.1 Å². The molecule has 8 nitrogen and oxygen atoms in total. The topological polar surface area (TPSA) is 90.6 Å². The van der Waals surface area contributed by atoms with E-state index in [4.69, 9.17) is 14.0 Å². The molecule has 2 fully saturated rings. The summed E-state index contributed by atoms with van der Waals surface area (Å²) in [7, 11) is 0. The molecule has 0 bridgehead atoms. The minimum absolute atomic E-state index is 0.0307. The van der Waals surface area contributed by atoms with Crippen LogP contribution in [0.5, 0.6) is 5.75 Å². The van der Waals surface area contributed by atoms with Crippen molar-refractivity contribution in [2.45, 2.75) is 18.9 Å². The third-order valence-corrected chi connectivity index (χ3v) is 5.50. The van der Waals surface area contributed by atoms with Crippen molar-refractivity contribution in [2.75, 3.05) is 26.3 Å². The molecule has 0 unspecified atom stereocenters. The van der Waals surface area contributed by atoms with E-state index in [1.807, 2.05) is 41.3 Å². The van der Waals surface area contributed by atoms with Gasteiger partial charge in [-0.3, -0.25) is 9.78 Å². The first-order valence-electron chi connectivity index (χ1n) is 10.1. The van der Waals surface area contributed by atoms with Crippen LogP contribution in [0.1, 0.15) is 12.8 Å². The fourth-order valence-electron chi connectivity index (χ4n) is 3.72. The van der Waals surface area contributed by atoms with Crippen molar-refractivity contribution >= 4 is 5.91 Å². The number of carbonyl (C=O) groups is 1. The second-order valence-electron chi connectivity index (χ2n) is 7.55. The molecule has 4 heterocycles. The maximum absolute atomic E-state index is 12.5. The van der Waals surface area contributed by atoms with Gasteiger partial charge in [-0.25, -0.2) is 0 Å². The zero-order valence-electron chi connectivity index (χ0n) is 16.4. The van der Waals surface area contributed by atoms with Gasteiger partial charge in [-0.05, 0) is 49.2 Å². The predicted octanol–water partition coefficient (Wildman–Crippen LogP) is 2.81. The summed E-state index contributed by atoms with van der Waals surface area (Å²) in [4.78, 5) is 22.8. The van der Waals surface area contributed by atoms with Crippen LogP contribution in [0.2, 0.25) is 0 Å². The lowest BCUT2D eigenvalue weighted by molar-refractivity contribution is -0.147. The maximum Gasteiger partial charge on any atom is 0.258 e. The number of benzene rings is 1. The lowest BCUT2D eigenvalue weighted by atomic mass is 9.96. The number of rotatable bonds is 5. The van der Waals surface area contributed by atoms with Crippen molar-refractivity contribution in [3.63, 3.8) is 0 Å². The summed E-state index contributed by atoms with van der Waals surface area (Å²) in [6.07, 6.45) is 5.04. The van der Waals surface area contributed by atoms with Crippen LogP contribution >= 0.6 is 0 Å². The second kappa shape index (κ2) is 8.23. The molecule has 8 heteroatoms. The van der Waals surface area contributed by atoms with Crippen molar-refractivity contribution in [1.82, 2.24) is 20.0 Å². The normalized spacial score (nSPS) is 17.5. The van der Waals surface area contributed by atoms with Crippen molar-refractivity contribution in [3.05, 3.63) is 48.8 Å². The van der Waals surface area contributed by atoms with Crippen LogP contribution in [-0.2, 0) is 9.53 Å². The lowest BCUT2D eigenvalue weighted by Crippen LogP contribution is -2.58. The van der Waals surface area contributed by atoms with Gasteiger partial charge in [-0.15, -0.1) is 0 Å². The van der Waals surface area contributed by atoms with Gasteiger partial charge in [0, 0.05) is 42.7 Å². The Morgan fingerprint density at radius 2 is 1.73 bits per heavy atom. The minimum Gasteiger partial charge on any atom is -0.487 e. The SMILES string of the molecule is O=C(C1CCOCC1)N1CC(Oc2ccc(-c3noc(-c4ccncc4)n3)cc2)C1. The molecule has 30 heavy (non-hydrogen) atoms. The Kier molecular flexibility index (Phi) is 5.15. The highest BCUT2D eigenvalue weighted by atomic mass is 16.5. The quantitative estimate of drug-likeness (QED) is 0.643. The van der Waals surface area contributed by atoms with Crippen molar-refractivity contribution in [1.29, 1.82) is 0 Å². The van der Waals surface area contributed by atoms with Gasteiger partial charge < -0.3 is 18.9 Å². The molecule has 1 aromatic carbocycles. The first kappa shape index (κ1) is 18.7. The average molecular weight is 406 g/mol. The van der Waals surface area contributed by atoms with Gasteiger partial charge in [0.15, 0.2) is 0 Å². The fraction of sp³-hybridized carbons (Fsp3) is 0.364. The number of carbonyl (C=O) groups excluding carboxylic acids is 1. The third-order valence-electron chi connectivity index (χ3n) is 5.50. The van der Waals surface area contributed by atoms with Crippen LogP contribution in [0.4, 0.5) is 0 Å². The Morgan fingerprint density at radius 1 is 1.00 bits per heavy atom. The number of pyridine rings is 1. The number of aromatic nitrogens is 3. The zero-order valence-corrected chi connectivity index (χ0v) is 16.4. The van der Waals surface area contributed by atoms with Gasteiger partial charge in [0.2, 0.25) is 11.7 Å². The van der Waals surface area contributed by atoms with Gasteiger partial charge in [0.1, 0.15) is 11.9 Å². The predicted molar refractivity (Wildman–Crippen MR) is 108 cm³/mol. The first-order chi connectivity index (χ1) is 14.8. The number of amides is 1. The first-order valence-corrected chi connectivity index (χ1v) is 10.1. The molecular weight excluding hydrogens is 384 g/mol. The summed E-state index contributed by atoms with van der Waals surface area (Å²) in [5, 5.41) is 4.05. The number of hydrogen-bond acceptors (Lipinski definition) is 7. The summed E-state index contributed by atoms with van der Waals surface area (Å²) in [6.45, 7) is 2.64. The Bertz CT molecular complexity index is 993. The molecule has 2 aliphatic rings. The van der Waals surface area contributed by atoms with E-state index in [1.54, 1.807) is 12.4 Å². The Labute approximate surface area is 173 Å². The molecule has 2 aliphatic heterocycles. The second-order valence-corrected chi connectivity index (χ2v) is 7.55. The molecule has 0 atom stereocenters. The Morgan fingerprint density at radius 3 is 2.47 bits per heavy atom. The van der Waals surface area contributed by atoms with E-state index in [-0.39, 0.29) is 17.9 Å². The number of ether oxygens (including phenoxy) is 2. The summed E-state index contributed by atoms with van der Waals surface area (Å²) >= 11 is 0. The summed E-state index contributed by atoms with van der Waals surface area (Å²) in [6, 6.07) is 11.2. The van der Waals surface area contributed by atoms with E-state index in [9.17, 15) is 4.79 Å². The lowest BCUT2D eigenvalue weighted by Gasteiger charge is -2.41. The van der Waals surface area contributed by atoms with Crippen LogP contribution in [0.25, 0.3) is 22.8 Å². The highest BCUT2D eigenvalue weighted by Crippen LogP contribution is 2.26. The fourth-order valence-corrected chi connectivity index (χ4v) is 3.72. The van der Waals surface area contributed by atoms with E-state index in [1.165, 1.54) is 0 Å². The summed E-state index contributed by atoms with van der Waals surface area (Å²) < 4.78 is 16.7. The molecule has 0 N–H and O–H groups in total. The number of likely N-dealkylation sites (tertiary alicyclic amines) is 1. The highest BCUT2D eigenvalue weighted by Gasteiger charge is 2.36. The standard InChI is InChI=1S/C22H22N4O4/c27-22(17-7-11-28-12-8-17)26-13-19(14-26)29-18-3-1-15(2-4-18)20-24-21(30-25-20)16-5-9-23-10-6-16/h1-6,9-10,17,19H,7-8,11-14H2. The molecule has 0 aliphatic carbocycles. The van der Waals surface area contributed by atoms with Crippen LogP contribution in [0.3, 0.4) is 0 Å². The molecule has 5 rings (SSSR count). The van der Waals surface area contributed by atoms with E-state index >= 15 is 0 Å². The van der Waals surface area contributed by atoms with Gasteiger partial charge >= 0.3 is 0 Å². The Hall–Kier alpha value is -3.26. The monoisotopic (exact) mass is 406 g/mol. The molecule has 154 valence electrons. The highest BCUT2D eigenvalue weighted by molar-refractivity contribution is 5.79. The number of nitrogens with zero attached hydrogens (tertiary/aromatic N) is 4. The summed E-state index contributed by atoms with van der Waals surface area (Å²) in [5.41, 5.74) is 1.67. The molecule has 0 radical (unpaired) electrons. The molecule has 0 spiro atoms. The smallest absolute Gasteiger partial charge is 0.258 e. The largest absolute Gasteiger partial charge is 0.487 e. The van der Waals surface area contributed by atoms with Crippen LogP contribution in [0.15, 0.2) is 53.3 Å². The van der Waals surface area contributed by atoms with E-state index in [0.717, 1.165) is 29.7 Å². The molecule has 0 saturated carbocycles. The van der Waals surface area contributed by atoms with Crippen LogP contribution < -0.4 is 4.74 Å². The molecule has 1 amide bonds. The van der Waals surface area contributed by atoms with Crippen molar-refractivity contribution in [3.8, 4) is 28.6 Å².